The Morgan fingerprint density at radius 1 is 1.32 bits per heavy atom. The van der Waals surface area contributed by atoms with Crippen LogP contribution < -0.4 is 10.6 Å². The molecule has 1 fully saturated rings. The monoisotopic (exact) mass is 345 g/mol. The lowest BCUT2D eigenvalue weighted by molar-refractivity contribution is 0.249. The molecule has 7 nitrogen and oxygen atoms in total. The number of anilines is 1. The van der Waals surface area contributed by atoms with Gasteiger partial charge in [0.25, 0.3) is 0 Å². The third kappa shape index (κ3) is 4.41. The van der Waals surface area contributed by atoms with Crippen molar-refractivity contribution in [1.29, 1.82) is 0 Å². The van der Waals surface area contributed by atoms with Crippen LogP contribution in [0, 0.1) is 0 Å². The average molecular weight is 345 g/mol. The number of hydrogen-bond donors (Lipinski definition) is 2. The molecule has 0 aromatic carbocycles. The van der Waals surface area contributed by atoms with Gasteiger partial charge in [0.1, 0.15) is 11.6 Å². The number of hydrogen-bond acceptors (Lipinski definition) is 4. The molecule has 1 saturated carbocycles. The summed E-state index contributed by atoms with van der Waals surface area (Å²) in [5.41, 5.74) is -0.0972. The van der Waals surface area contributed by atoms with Crippen molar-refractivity contribution in [2.75, 3.05) is 5.32 Å². The zero-order valence-corrected chi connectivity index (χ0v) is 15.2. The lowest BCUT2D eigenvalue weighted by Crippen LogP contribution is -2.30. The van der Waals surface area contributed by atoms with E-state index >= 15 is 0 Å². The summed E-state index contributed by atoms with van der Waals surface area (Å²) in [6.45, 7) is 6.43. The van der Waals surface area contributed by atoms with Gasteiger partial charge in [-0.3, -0.25) is 5.32 Å². The average Bonchev–Trinajstić information content (AvgIpc) is 3.22. The summed E-state index contributed by atoms with van der Waals surface area (Å²) in [6, 6.07) is 1.92. The predicted octanol–water partition coefficient (Wildman–Crippen LogP) is 4.00. The number of amides is 2. The Morgan fingerprint density at radius 2 is 2.08 bits per heavy atom. The molecule has 2 amide bonds. The molecular formula is C18H27N5O2. The first-order valence-electron chi connectivity index (χ1n) is 8.97. The van der Waals surface area contributed by atoms with Crippen LogP contribution in [0.4, 0.5) is 10.6 Å². The quantitative estimate of drug-likeness (QED) is 0.877. The normalized spacial score (nSPS) is 16.0. The Balaban J connectivity index is 1.55. The van der Waals surface area contributed by atoms with Crippen LogP contribution in [-0.4, -0.2) is 20.8 Å². The molecule has 0 bridgehead atoms. The number of carbonyl (C=O) groups excluding carboxylic acids is 1. The highest BCUT2D eigenvalue weighted by atomic mass is 16.4. The van der Waals surface area contributed by atoms with Gasteiger partial charge in [0.15, 0.2) is 0 Å². The van der Waals surface area contributed by atoms with E-state index in [0.29, 0.717) is 11.9 Å². The van der Waals surface area contributed by atoms with Crippen LogP contribution in [0.25, 0.3) is 0 Å². The molecule has 0 aliphatic heterocycles. The van der Waals surface area contributed by atoms with Gasteiger partial charge in [-0.15, -0.1) is 0 Å². The maximum Gasteiger partial charge on any atom is 0.320 e. The van der Waals surface area contributed by atoms with Crippen molar-refractivity contribution in [3.8, 4) is 0 Å². The third-order valence-electron chi connectivity index (χ3n) is 4.53. The number of oxazole rings is 1. The first kappa shape index (κ1) is 17.5. The van der Waals surface area contributed by atoms with Crippen LogP contribution in [0.1, 0.15) is 70.6 Å². The Morgan fingerprint density at radius 3 is 2.76 bits per heavy atom. The van der Waals surface area contributed by atoms with Gasteiger partial charge in [-0.25, -0.2) is 14.5 Å². The van der Waals surface area contributed by atoms with E-state index in [2.05, 4.69) is 41.5 Å². The number of urea groups is 1. The Hall–Kier alpha value is -2.31. The highest BCUT2D eigenvalue weighted by molar-refractivity contribution is 5.88. The van der Waals surface area contributed by atoms with Gasteiger partial charge in [-0.2, -0.15) is 5.10 Å². The molecule has 0 radical (unpaired) electrons. The smallest absolute Gasteiger partial charge is 0.320 e. The van der Waals surface area contributed by atoms with E-state index in [1.807, 2.05) is 10.7 Å². The van der Waals surface area contributed by atoms with Crippen molar-refractivity contribution in [2.24, 2.45) is 0 Å². The van der Waals surface area contributed by atoms with Gasteiger partial charge >= 0.3 is 6.03 Å². The van der Waals surface area contributed by atoms with Crippen molar-refractivity contribution < 1.29 is 9.21 Å². The summed E-state index contributed by atoms with van der Waals surface area (Å²) < 4.78 is 7.61. The van der Waals surface area contributed by atoms with Gasteiger partial charge in [-0.05, 0) is 12.8 Å². The molecule has 136 valence electrons. The van der Waals surface area contributed by atoms with Crippen molar-refractivity contribution in [2.45, 2.75) is 70.9 Å². The van der Waals surface area contributed by atoms with Crippen molar-refractivity contribution >= 4 is 11.8 Å². The number of nitrogens with one attached hydrogen (secondary N) is 2. The molecule has 7 heteroatoms. The Labute approximate surface area is 148 Å². The third-order valence-corrected chi connectivity index (χ3v) is 4.53. The van der Waals surface area contributed by atoms with Crippen molar-refractivity contribution in [1.82, 2.24) is 20.1 Å². The second kappa shape index (κ2) is 7.29. The summed E-state index contributed by atoms with van der Waals surface area (Å²) in [4.78, 5) is 16.4. The lowest BCUT2D eigenvalue weighted by atomic mass is 9.94. The molecule has 0 unspecified atom stereocenters. The highest BCUT2D eigenvalue weighted by Gasteiger charge is 2.20. The molecule has 2 aromatic heterocycles. The minimum absolute atomic E-state index is 0.0972. The second-order valence-electron chi connectivity index (χ2n) is 7.63. The molecule has 1 aliphatic carbocycles. The first-order valence-corrected chi connectivity index (χ1v) is 8.97. The van der Waals surface area contributed by atoms with E-state index in [1.165, 1.54) is 19.3 Å². The highest BCUT2D eigenvalue weighted by Crippen LogP contribution is 2.29. The molecule has 2 heterocycles. The van der Waals surface area contributed by atoms with Crippen LogP contribution in [0.2, 0.25) is 0 Å². The summed E-state index contributed by atoms with van der Waals surface area (Å²) in [6.07, 6.45) is 9.40. The Bertz CT molecular complexity index is 707. The number of nitrogens with zero attached hydrogens (tertiary/aromatic N) is 3. The molecular weight excluding hydrogens is 318 g/mol. The molecule has 25 heavy (non-hydrogen) atoms. The molecule has 0 atom stereocenters. The summed E-state index contributed by atoms with van der Waals surface area (Å²) >= 11 is 0. The number of rotatable bonds is 4. The molecule has 0 saturated heterocycles. The van der Waals surface area contributed by atoms with Gasteiger partial charge in [0.2, 0.25) is 5.89 Å². The van der Waals surface area contributed by atoms with E-state index in [1.54, 1.807) is 12.4 Å². The van der Waals surface area contributed by atoms with Gasteiger partial charge in [0, 0.05) is 11.5 Å². The fourth-order valence-corrected chi connectivity index (χ4v) is 3.08. The molecule has 2 N–H and O–H groups in total. The predicted molar refractivity (Wildman–Crippen MR) is 95.4 cm³/mol. The fourth-order valence-electron chi connectivity index (χ4n) is 3.08. The zero-order chi connectivity index (χ0) is 17.9. The SMILES string of the molecule is CC(C)(C)c1cnc(CNC(=O)Nc2ccnn2C2CCCCC2)o1. The minimum Gasteiger partial charge on any atom is -0.443 e. The van der Waals surface area contributed by atoms with Crippen LogP contribution in [0.5, 0.6) is 0 Å². The largest absolute Gasteiger partial charge is 0.443 e. The summed E-state index contributed by atoms with van der Waals surface area (Å²) in [5.74, 6) is 2.04. The zero-order valence-electron chi connectivity index (χ0n) is 15.2. The fraction of sp³-hybridized carbons (Fsp3) is 0.611. The molecule has 2 aromatic rings. The van der Waals surface area contributed by atoms with Gasteiger partial charge < -0.3 is 9.73 Å². The van der Waals surface area contributed by atoms with Crippen molar-refractivity contribution in [3.63, 3.8) is 0 Å². The summed E-state index contributed by atoms with van der Waals surface area (Å²) in [5, 5.41) is 10.0. The van der Waals surface area contributed by atoms with Crippen LogP contribution in [-0.2, 0) is 12.0 Å². The second-order valence-corrected chi connectivity index (χ2v) is 7.63. The van der Waals surface area contributed by atoms with E-state index in [9.17, 15) is 4.79 Å². The number of carbonyl (C=O) groups is 1. The topological polar surface area (TPSA) is 85.0 Å². The molecule has 0 spiro atoms. The first-order chi connectivity index (χ1) is 11.9. The van der Waals surface area contributed by atoms with E-state index in [0.717, 1.165) is 24.4 Å². The van der Waals surface area contributed by atoms with E-state index in [-0.39, 0.29) is 18.0 Å². The van der Waals surface area contributed by atoms with E-state index in [4.69, 9.17) is 4.42 Å². The summed E-state index contributed by atoms with van der Waals surface area (Å²) in [7, 11) is 0. The van der Waals surface area contributed by atoms with Crippen molar-refractivity contribution in [3.05, 3.63) is 30.1 Å². The Kier molecular flexibility index (Phi) is 5.11. The van der Waals surface area contributed by atoms with E-state index < -0.39 is 0 Å². The lowest BCUT2D eigenvalue weighted by Gasteiger charge is -2.23. The van der Waals surface area contributed by atoms with Gasteiger partial charge in [0.05, 0.1) is 25.0 Å². The maximum atomic E-state index is 12.2. The standard InChI is InChI=1S/C18H27N5O2/c1-18(2,3)14-11-19-16(25-14)12-20-17(24)22-15-9-10-21-23(15)13-7-5-4-6-8-13/h9-11,13H,4-8,12H2,1-3H3,(H2,20,22,24). The van der Waals surface area contributed by atoms with Crippen LogP contribution in [0.3, 0.4) is 0 Å². The molecule has 3 rings (SSSR count). The maximum absolute atomic E-state index is 12.2. The number of aromatic nitrogens is 3. The minimum atomic E-state index is -0.284. The molecule has 1 aliphatic rings. The van der Waals surface area contributed by atoms with Crippen LogP contribution >= 0.6 is 0 Å². The van der Waals surface area contributed by atoms with Gasteiger partial charge in [-0.1, -0.05) is 40.0 Å². The van der Waals surface area contributed by atoms with Crippen LogP contribution in [0.15, 0.2) is 22.9 Å².